The number of hydrogen-bond acceptors (Lipinski definition) is 7. The summed E-state index contributed by atoms with van der Waals surface area (Å²) < 4.78 is 39.8. The predicted octanol–water partition coefficient (Wildman–Crippen LogP) is 1.64. The molecule has 0 heterocycles. The van der Waals surface area contributed by atoms with Crippen molar-refractivity contribution in [3.05, 3.63) is 59.7 Å². The summed E-state index contributed by atoms with van der Waals surface area (Å²) in [4.78, 5) is 46.3. The minimum atomic E-state index is -5.29. The van der Waals surface area contributed by atoms with Gasteiger partial charge in [0, 0.05) is 29.9 Å². The Bertz CT molecular complexity index is 1140. The summed E-state index contributed by atoms with van der Waals surface area (Å²) in [5.41, 5.74) is 13.2. The maximum absolute atomic E-state index is 12.4. The normalized spacial score (nSPS) is 11.7. The maximum atomic E-state index is 12.4. The Kier molecular flexibility index (Phi) is 10.1. The van der Waals surface area contributed by atoms with Gasteiger partial charge in [0.15, 0.2) is 5.96 Å². The Morgan fingerprint density at radius 3 is 2.08 bits per heavy atom. The number of esters is 2. The molecule has 0 fully saturated rings. The van der Waals surface area contributed by atoms with Crippen LogP contribution in [0, 0.1) is 5.41 Å². The van der Waals surface area contributed by atoms with E-state index in [2.05, 4.69) is 20.7 Å². The van der Waals surface area contributed by atoms with E-state index in [0.29, 0.717) is 23.4 Å². The van der Waals surface area contributed by atoms with E-state index in [0.717, 1.165) is 5.56 Å². The molecule has 2 amide bonds. The molecule has 2 aromatic rings. The van der Waals surface area contributed by atoms with Gasteiger partial charge < -0.3 is 32.2 Å². The number of nitrogens with two attached hydrogens (primary N) is 2. The first-order chi connectivity index (χ1) is 17.3. The number of nitrogens with one attached hydrogen (secondary N) is 4. The Hall–Kier alpha value is -4.46. The van der Waals surface area contributed by atoms with Gasteiger partial charge in [0.1, 0.15) is 0 Å². The van der Waals surface area contributed by atoms with Gasteiger partial charge in [-0.25, -0.2) is 4.79 Å². The average molecular weight is 522 g/mol. The fourth-order valence-electron chi connectivity index (χ4n) is 2.90. The zero-order chi connectivity index (χ0) is 27.6. The van der Waals surface area contributed by atoms with E-state index in [1.807, 2.05) is 0 Å². The molecule has 37 heavy (non-hydrogen) atoms. The summed E-state index contributed by atoms with van der Waals surface area (Å²) in [5.74, 6) is -5.24. The van der Waals surface area contributed by atoms with Crippen LogP contribution in [0.25, 0.3) is 0 Å². The highest BCUT2D eigenvalue weighted by atomic mass is 19.4. The third-order valence-electron chi connectivity index (χ3n) is 4.79. The lowest BCUT2D eigenvalue weighted by atomic mass is 10.1. The Morgan fingerprint density at radius 1 is 0.946 bits per heavy atom. The zero-order valence-electron chi connectivity index (χ0n) is 19.4. The molecule has 1 atom stereocenters. The van der Waals surface area contributed by atoms with E-state index in [4.69, 9.17) is 16.9 Å². The van der Waals surface area contributed by atoms with Gasteiger partial charge in [-0.05, 0) is 54.8 Å². The lowest BCUT2D eigenvalue weighted by Crippen LogP contribution is -2.41. The summed E-state index contributed by atoms with van der Waals surface area (Å²) in [6.07, 6.45) is -5.82. The quantitative estimate of drug-likeness (QED) is 0.117. The molecule has 2 aromatic carbocycles. The van der Waals surface area contributed by atoms with Crippen molar-refractivity contribution in [3.63, 3.8) is 0 Å². The Balaban J connectivity index is 1.73. The third kappa shape index (κ3) is 9.97. The molecule has 2 rings (SSSR count). The fourth-order valence-corrected chi connectivity index (χ4v) is 2.90. The number of ether oxygens (including phenoxy) is 1. The molecule has 0 radical (unpaired) electrons. The lowest BCUT2D eigenvalue weighted by Gasteiger charge is -2.12. The van der Waals surface area contributed by atoms with Gasteiger partial charge in [-0.1, -0.05) is 12.1 Å². The number of guanidine groups is 1. The largest absolute Gasteiger partial charge is 0.491 e. The average Bonchev–Trinajstić information content (AvgIpc) is 2.83. The molecule has 0 aliphatic heterocycles. The van der Waals surface area contributed by atoms with Gasteiger partial charge in [-0.3, -0.25) is 19.8 Å². The van der Waals surface area contributed by atoms with E-state index < -0.39 is 36.5 Å². The van der Waals surface area contributed by atoms with Crippen molar-refractivity contribution in [2.75, 3.05) is 17.2 Å². The molecule has 0 aliphatic carbocycles. The molecule has 0 spiro atoms. The van der Waals surface area contributed by atoms with Crippen molar-refractivity contribution in [2.24, 2.45) is 11.5 Å². The summed E-state index contributed by atoms with van der Waals surface area (Å²) in [6, 6.07) is 12.0. The van der Waals surface area contributed by atoms with Crippen LogP contribution in [0.5, 0.6) is 0 Å². The number of rotatable bonds is 10. The molecular formula is C23H25F3N6O5. The minimum absolute atomic E-state index is 0.190. The maximum Gasteiger partial charge on any atom is 0.491 e. The van der Waals surface area contributed by atoms with E-state index in [1.165, 1.54) is 0 Å². The second-order valence-corrected chi connectivity index (χ2v) is 7.71. The van der Waals surface area contributed by atoms with Gasteiger partial charge in [0.2, 0.25) is 5.91 Å². The molecular weight excluding hydrogens is 497 g/mol. The third-order valence-corrected chi connectivity index (χ3v) is 4.79. The molecule has 0 saturated carbocycles. The first-order valence-electron chi connectivity index (χ1n) is 10.8. The molecule has 14 heteroatoms. The van der Waals surface area contributed by atoms with Gasteiger partial charge in [-0.15, -0.1) is 0 Å². The smallest absolute Gasteiger partial charge is 0.386 e. The highest BCUT2D eigenvalue weighted by molar-refractivity contribution is 6.04. The van der Waals surface area contributed by atoms with Crippen LogP contribution in [0.4, 0.5) is 24.5 Å². The summed E-state index contributed by atoms with van der Waals surface area (Å²) in [7, 11) is 0. The monoisotopic (exact) mass is 522 g/mol. The van der Waals surface area contributed by atoms with Crippen LogP contribution in [0.15, 0.2) is 48.5 Å². The first-order valence-corrected chi connectivity index (χ1v) is 10.8. The SMILES string of the molecule is N=C(N)Nc1ccc(C(=O)Nc2ccc(CCNC(=O)[C@@H](N)CCC(=O)OC(=O)C(F)(F)F)cc2)cc1. The van der Waals surface area contributed by atoms with E-state index in [1.54, 1.807) is 48.5 Å². The number of hydrogen-bond donors (Lipinski definition) is 6. The fraction of sp³-hybridized carbons (Fsp3) is 0.261. The molecule has 8 N–H and O–H groups in total. The number of benzene rings is 2. The van der Waals surface area contributed by atoms with Gasteiger partial charge in [0.25, 0.3) is 5.91 Å². The second-order valence-electron chi connectivity index (χ2n) is 7.71. The Labute approximate surface area is 209 Å². The number of anilines is 2. The van der Waals surface area contributed by atoms with E-state index in [-0.39, 0.29) is 24.8 Å². The van der Waals surface area contributed by atoms with Crippen LogP contribution in [-0.2, 0) is 25.5 Å². The van der Waals surface area contributed by atoms with Crippen molar-refractivity contribution < 1.29 is 37.1 Å². The summed E-state index contributed by atoms with van der Waals surface area (Å²) >= 11 is 0. The molecule has 0 aromatic heterocycles. The highest BCUT2D eigenvalue weighted by Crippen LogP contribution is 2.17. The molecule has 0 unspecified atom stereocenters. The Morgan fingerprint density at radius 2 is 1.51 bits per heavy atom. The van der Waals surface area contributed by atoms with Crippen LogP contribution < -0.4 is 27.4 Å². The van der Waals surface area contributed by atoms with Crippen LogP contribution in [0.2, 0.25) is 0 Å². The molecule has 0 bridgehead atoms. The summed E-state index contributed by atoms with van der Waals surface area (Å²) in [5, 5.41) is 15.1. The summed E-state index contributed by atoms with van der Waals surface area (Å²) in [6.45, 7) is 0.190. The van der Waals surface area contributed by atoms with E-state index >= 15 is 0 Å². The zero-order valence-corrected chi connectivity index (χ0v) is 19.4. The number of carbonyl (C=O) groups excluding carboxylic acids is 4. The lowest BCUT2D eigenvalue weighted by molar-refractivity contribution is -0.201. The van der Waals surface area contributed by atoms with Crippen LogP contribution in [0.1, 0.15) is 28.8 Å². The van der Waals surface area contributed by atoms with Crippen molar-refractivity contribution in [1.29, 1.82) is 5.41 Å². The van der Waals surface area contributed by atoms with Crippen molar-refractivity contribution in [3.8, 4) is 0 Å². The van der Waals surface area contributed by atoms with Gasteiger partial charge in [0.05, 0.1) is 6.04 Å². The molecule has 198 valence electrons. The predicted molar refractivity (Wildman–Crippen MR) is 127 cm³/mol. The minimum Gasteiger partial charge on any atom is -0.386 e. The highest BCUT2D eigenvalue weighted by Gasteiger charge is 2.42. The van der Waals surface area contributed by atoms with Gasteiger partial charge in [-0.2, -0.15) is 13.2 Å². The number of alkyl halides is 3. The second kappa shape index (κ2) is 13.0. The standard InChI is InChI=1S/C23H25F3N6O5/c24-23(25,26)21(36)37-18(33)10-9-17(27)20(35)30-12-11-13-1-5-15(6-2-13)31-19(34)14-3-7-16(8-4-14)32-22(28)29/h1-8,17H,9-12,27H2,(H,30,35)(H,31,34)(H4,28,29,32)/t17-/m0/s1. The molecule has 11 nitrogen and oxygen atoms in total. The van der Waals surface area contributed by atoms with Crippen molar-refractivity contribution in [2.45, 2.75) is 31.5 Å². The van der Waals surface area contributed by atoms with E-state index in [9.17, 15) is 32.3 Å². The number of carbonyl (C=O) groups is 4. The number of amides is 2. The molecule has 0 aliphatic rings. The topological polar surface area (TPSA) is 189 Å². The number of halogens is 3. The van der Waals surface area contributed by atoms with Crippen LogP contribution in [-0.4, -0.2) is 48.5 Å². The van der Waals surface area contributed by atoms with Crippen molar-refractivity contribution in [1.82, 2.24) is 5.32 Å². The van der Waals surface area contributed by atoms with Crippen LogP contribution >= 0.6 is 0 Å². The van der Waals surface area contributed by atoms with Crippen molar-refractivity contribution >= 4 is 41.1 Å². The first kappa shape index (κ1) is 28.8. The van der Waals surface area contributed by atoms with Crippen LogP contribution in [0.3, 0.4) is 0 Å². The van der Waals surface area contributed by atoms with Gasteiger partial charge >= 0.3 is 18.1 Å². The molecule has 0 saturated heterocycles.